The van der Waals surface area contributed by atoms with E-state index in [0.29, 0.717) is 8.95 Å². The van der Waals surface area contributed by atoms with Crippen LogP contribution in [0.25, 0.3) is 0 Å². The van der Waals surface area contributed by atoms with Crippen molar-refractivity contribution < 1.29 is 18.3 Å². The van der Waals surface area contributed by atoms with Gasteiger partial charge in [-0.05, 0) is 40.0 Å². The summed E-state index contributed by atoms with van der Waals surface area (Å²) in [5.74, 6) is -1.95. The van der Waals surface area contributed by atoms with Gasteiger partial charge in [-0.2, -0.15) is 0 Å². The summed E-state index contributed by atoms with van der Waals surface area (Å²) >= 11 is 6.38. The van der Waals surface area contributed by atoms with Crippen LogP contribution in [0.5, 0.6) is 0 Å². The number of benzene rings is 1. The molecule has 1 unspecified atom stereocenters. The van der Waals surface area contributed by atoms with E-state index in [4.69, 9.17) is 5.11 Å². The second-order valence-electron chi connectivity index (χ2n) is 4.62. The number of carboxylic acid groups (broad SMARTS) is 1. The van der Waals surface area contributed by atoms with E-state index >= 15 is 0 Å². The summed E-state index contributed by atoms with van der Waals surface area (Å²) in [5.41, 5.74) is 0. The number of carboxylic acids is 1. The molecule has 0 saturated carbocycles. The molecule has 20 heavy (non-hydrogen) atoms. The molecule has 0 amide bonds. The summed E-state index contributed by atoms with van der Waals surface area (Å²) in [6, 6.07) is 4.77. The molecule has 0 bridgehead atoms. The fourth-order valence-electron chi connectivity index (χ4n) is 1.57. The number of carbonyl (C=O) groups is 1. The number of sulfonamides is 1. The van der Waals surface area contributed by atoms with Crippen molar-refractivity contribution in [1.29, 1.82) is 0 Å². The second-order valence-corrected chi connectivity index (χ2v) is 8.12. The largest absolute Gasteiger partial charge is 0.481 e. The van der Waals surface area contributed by atoms with Crippen LogP contribution in [0.15, 0.2) is 32.0 Å². The van der Waals surface area contributed by atoms with Gasteiger partial charge in [-0.3, -0.25) is 4.79 Å². The van der Waals surface area contributed by atoms with Crippen LogP contribution in [0.2, 0.25) is 0 Å². The number of aliphatic carboxylic acids is 1. The van der Waals surface area contributed by atoms with Gasteiger partial charge in [-0.15, -0.1) is 0 Å². The van der Waals surface area contributed by atoms with Crippen molar-refractivity contribution in [3.63, 3.8) is 0 Å². The zero-order valence-electron chi connectivity index (χ0n) is 10.9. The van der Waals surface area contributed by atoms with Crippen molar-refractivity contribution in [1.82, 2.24) is 4.72 Å². The lowest BCUT2D eigenvalue weighted by atomic mass is 9.97. The third-order valence-corrected chi connectivity index (χ3v) is 5.71. The maximum Gasteiger partial charge on any atom is 0.308 e. The lowest BCUT2D eigenvalue weighted by Crippen LogP contribution is -2.35. The van der Waals surface area contributed by atoms with E-state index in [0.717, 1.165) is 0 Å². The summed E-state index contributed by atoms with van der Waals surface area (Å²) in [4.78, 5) is 11.1. The van der Waals surface area contributed by atoms with Gasteiger partial charge in [0.1, 0.15) is 0 Å². The van der Waals surface area contributed by atoms with Gasteiger partial charge in [0.05, 0.1) is 10.8 Å². The zero-order chi connectivity index (χ0) is 15.5. The molecule has 1 rings (SSSR count). The first-order chi connectivity index (χ1) is 9.15. The average Bonchev–Trinajstić information content (AvgIpc) is 2.31. The Morgan fingerprint density at radius 3 is 2.45 bits per heavy atom. The van der Waals surface area contributed by atoms with Crippen LogP contribution in [0, 0.1) is 11.8 Å². The highest BCUT2D eigenvalue weighted by atomic mass is 79.9. The quantitative estimate of drug-likeness (QED) is 0.729. The van der Waals surface area contributed by atoms with Gasteiger partial charge in [-0.1, -0.05) is 29.8 Å². The monoisotopic (exact) mass is 427 g/mol. The molecular weight excluding hydrogens is 414 g/mol. The van der Waals surface area contributed by atoms with E-state index < -0.39 is 21.9 Å². The van der Waals surface area contributed by atoms with Crippen LogP contribution in [0.4, 0.5) is 0 Å². The molecule has 0 saturated heterocycles. The summed E-state index contributed by atoms with van der Waals surface area (Å²) in [7, 11) is -3.77. The Morgan fingerprint density at radius 2 is 1.95 bits per heavy atom. The van der Waals surface area contributed by atoms with E-state index in [1.807, 2.05) is 0 Å². The Labute approximate surface area is 135 Å². The highest BCUT2D eigenvalue weighted by Crippen LogP contribution is 2.25. The van der Waals surface area contributed by atoms with Crippen molar-refractivity contribution in [3.8, 4) is 0 Å². The Bertz CT molecular complexity index is 601. The van der Waals surface area contributed by atoms with Crippen molar-refractivity contribution in [2.24, 2.45) is 11.8 Å². The Hall–Kier alpha value is -0.440. The molecule has 0 aliphatic heterocycles. The smallest absolute Gasteiger partial charge is 0.308 e. The van der Waals surface area contributed by atoms with Gasteiger partial charge in [0, 0.05) is 15.5 Å². The molecule has 0 fully saturated rings. The number of nitrogens with one attached hydrogen (secondary N) is 1. The fraction of sp³-hybridized carbons (Fsp3) is 0.417. The van der Waals surface area contributed by atoms with Crippen molar-refractivity contribution in [2.45, 2.75) is 18.7 Å². The minimum absolute atomic E-state index is 0.0692. The Kier molecular flexibility index (Phi) is 6.18. The molecule has 0 aliphatic rings. The molecule has 0 aliphatic carbocycles. The van der Waals surface area contributed by atoms with Crippen LogP contribution in [-0.2, 0) is 14.8 Å². The zero-order valence-corrected chi connectivity index (χ0v) is 14.9. The fourth-order valence-corrected chi connectivity index (χ4v) is 4.13. The molecule has 0 radical (unpaired) electrons. The summed E-state index contributed by atoms with van der Waals surface area (Å²) in [5, 5.41) is 9.06. The summed E-state index contributed by atoms with van der Waals surface area (Å²) in [6.45, 7) is 3.33. The lowest BCUT2D eigenvalue weighted by Gasteiger charge is -2.17. The molecule has 0 aromatic heterocycles. The van der Waals surface area contributed by atoms with E-state index in [2.05, 4.69) is 36.6 Å². The molecule has 1 aromatic rings. The van der Waals surface area contributed by atoms with Crippen molar-refractivity contribution in [2.75, 3.05) is 6.54 Å². The Balaban J connectivity index is 2.95. The number of rotatable bonds is 6. The first-order valence-electron chi connectivity index (χ1n) is 5.82. The van der Waals surface area contributed by atoms with Gasteiger partial charge in [0.25, 0.3) is 0 Å². The molecule has 112 valence electrons. The number of halogens is 2. The summed E-state index contributed by atoms with van der Waals surface area (Å²) < 4.78 is 27.8. The van der Waals surface area contributed by atoms with Crippen LogP contribution in [-0.4, -0.2) is 26.0 Å². The van der Waals surface area contributed by atoms with Gasteiger partial charge in [-0.25, -0.2) is 13.1 Å². The highest BCUT2D eigenvalue weighted by molar-refractivity contribution is 9.11. The van der Waals surface area contributed by atoms with Gasteiger partial charge in [0.2, 0.25) is 10.0 Å². The van der Waals surface area contributed by atoms with Gasteiger partial charge < -0.3 is 5.11 Å². The van der Waals surface area contributed by atoms with Crippen molar-refractivity contribution in [3.05, 3.63) is 27.1 Å². The van der Waals surface area contributed by atoms with Gasteiger partial charge >= 0.3 is 5.97 Å². The maximum atomic E-state index is 12.2. The SMILES string of the molecule is CC(C)C(CNS(=O)(=O)c1cc(Br)ccc1Br)C(=O)O. The third-order valence-electron chi connectivity index (χ3n) is 2.80. The molecule has 1 atom stereocenters. The van der Waals surface area contributed by atoms with Crippen LogP contribution < -0.4 is 4.72 Å². The average molecular weight is 429 g/mol. The van der Waals surface area contributed by atoms with E-state index in [1.165, 1.54) is 6.07 Å². The van der Waals surface area contributed by atoms with E-state index in [1.54, 1.807) is 26.0 Å². The normalized spacial score (nSPS) is 13.4. The molecule has 8 heteroatoms. The minimum atomic E-state index is -3.77. The number of hydrogen-bond donors (Lipinski definition) is 2. The van der Waals surface area contributed by atoms with E-state index in [9.17, 15) is 13.2 Å². The molecular formula is C12H15Br2NO4S. The van der Waals surface area contributed by atoms with Crippen molar-refractivity contribution >= 4 is 47.9 Å². The lowest BCUT2D eigenvalue weighted by molar-refractivity contribution is -0.142. The first kappa shape index (κ1) is 17.6. The standard InChI is InChI=1S/C12H15Br2NO4S/c1-7(2)9(12(16)17)6-15-20(18,19)11-5-8(13)3-4-10(11)14/h3-5,7,9,15H,6H2,1-2H3,(H,16,17). The Morgan fingerprint density at radius 1 is 1.35 bits per heavy atom. The van der Waals surface area contributed by atoms with Crippen LogP contribution in [0.1, 0.15) is 13.8 Å². The van der Waals surface area contributed by atoms with Gasteiger partial charge in [0.15, 0.2) is 0 Å². The third kappa shape index (κ3) is 4.54. The molecule has 2 N–H and O–H groups in total. The summed E-state index contributed by atoms with van der Waals surface area (Å²) in [6.07, 6.45) is 0. The topological polar surface area (TPSA) is 83.5 Å². The maximum absolute atomic E-state index is 12.2. The molecule has 0 heterocycles. The molecule has 1 aromatic carbocycles. The highest BCUT2D eigenvalue weighted by Gasteiger charge is 2.25. The first-order valence-corrected chi connectivity index (χ1v) is 8.89. The second kappa shape index (κ2) is 7.02. The molecule has 0 spiro atoms. The predicted octanol–water partition coefficient (Wildman–Crippen LogP) is 2.85. The van der Waals surface area contributed by atoms with Crippen LogP contribution in [0.3, 0.4) is 0 Å². The van der Waals surface area contributed by atoms with E-state index in [-0.39, 0.29) is 17.4 Å². The minimum Gasteiger partial charge on any atom is -0.481 e. The van der Waals surface area contributed by atoms with Crippen LogP contribution >= 0.6 is 31.9 Å². The molecule has 5 nitrogen and oxygen atoms in total. The predicted molar refractivity (Wildman–Crippen MR) is 83.0 cm³/mol. The number of hydrogen-bond acceptors (Lipinski definition) is 3.